The van der Waals surface area contributed by atoms with Gasteiger partial charge in [0.2, 0.25) is 5.91 Å². The number of nitrogens with one attached hydrogen (secondary N) is 2. The number of imidazole rings is 1. The molecule has 25 heavy (non-hydrogen) atoms. The van der Waals surface area contributed by atoms with Crippen LogP contribution in [-0.2, 0) is 16.6 Å². The number of likely N-dealkylation sites (tertiary alicyclic amines) is 1. The number of ether oxygens (including phenoxy) is 1. The van der Waals surface area contributed by atoms with Crippen molar-refractivity contribution >= 4 is 12.0 Å². The second kappa shape index (κ2) is 7.47. The predicted octanol–water partition coefficient (Wildman–Crippen LogP) is 0.581. The molecule has 2 heterocycles. The number of nitrogens with zero attached hydrogens (tertiary/aromatic N) is 2. The SMILES string of the molecule is Cn1c(C#CCNC(=O)[C@@H]2CCCN2C(=O)OC(C)(C)C)c[nH]c1=O. The van der Waals surface area contributed by atoms with Crippen LogP contribution in [0.5, 0.6) is 0 Å². The maximum Gasteiger partial charge on any atom is 0.410 e. The van der Waals surface area contributed by atoms with Crippen LogP contribution in [0.25, 0.3) is 0 Å². The zero-order valence-corrected chi connectivity index (χ0v) is 15.0. The number of aromatic amines is 1. The first-order chi connectivity index (χ1) is 11.7. The summed E-state index contributed by atoms with van der Waals surface area (Å²) in [4.78, 5) is 39.8. The quantitative estimate of drug-likeness (QED) is 0.764. The highest BCUT2D eigenvalue weighted by Gasteiger charge is 2.36. The lowest BCUT2D eigenvalue weighted by molar-refractivity contribution is -0.125. The second-order valence-corrected chi connectivity index (χ2v) is 6.89. The molecule has 0 saturated carbocycles. The van der Waals surface area contributed by atoms with Gasteiger partial charge in [-0.1, -0.05) is 5.92 Å². The lowest BCUT2D eigenvalue weighted by Crippen LogP contribution is -2.47. The summed E-state index contributed by atoms with van der Waals surface area (Å²) >= 11 is 0. The minimum Gasteiger partial charge on any atom is -0.444 e. The Morgan fingerprint density at radius 2 is 2.16 bits per heavy atom. The molecule has 8 heteroatoms. The van der Waals surface area contributed by atoms with Crippen molar-refractivity contribution in [2.45, 2.75) is 45.3 Å². The summed E-state index contributed by atoms with van der Waals surface area (Å²) in [6.45, 7) is 6.01. The highest BCUT2D eigenvalue weighted by molar-refractivity contribution is 5.86. The molecule has 0 radical (unpaired) electrons. The van der Waals surface area contributed by atoms with Crippen molar-refractivity contribution in [3.8, 4) is 11.8 Å². The van der Waals surface area contributed by atoms with E-state index in [0.717, 1.165) is 6.42 Å². The molecule has 1 aromatic heterocycles. The summed E-state index contributed by atoms with van der Waals surface area (Å²) < 4.78 is 6.73. The average molecular weight is 348 g/mol. The molecular formula is C17H24N4O4. The molecule has 1 aromatic rings. The molecule has 1 atom stereocenters. The van der Waals surface area contributed by atoms with Crippen molar-refractivity contribution in [1.82, 2.24) is 19.8 Å². The molecule has 1 aliphatic heterocycles. The van der Waals surface area contributed by atoms with Gasteiger partial charge in [-0.15, -0.1) is 0 Å². The Morgan fingerprint density at radius 1 is 1.44 bits per heavy atom. The Hall–Kier alpha value is -2.69. The molecule has 0 spiro atoms. The lowest BCUT2D eigenvalue weighted by atomic mass is 10.2. The van der Waals surface area contributed by atoms with Crippen molar-refractivity contribution in [2.75, 3.05) is 13.1 Å². The van der Waals surface area contributed by atoms with E-state index in [1.54, 1.807) is 27.8 Å². The van der Waals surface area contributed by atoms with E-state index in [1.807, 2.05) is 0 Å². The summed E-state index contributed by atoms with van der Waals surface area (Å²) in [6, 6.07) is -0.534. The molecule has 8 nitrogen and oxygen atoms in total. The zero-order valence-electron chi connectivity index (χ0n) is 15.0. The number of rotatable bonds is 2. The van der Waals surface area contributed by atoms with E-state index < -0.39 is 17.7 Å². The first kappa shape index (κ1) is 18.6. The van der Waals surface area contributed by atoms with Gasteiger partial charge in [-0.05, 0) is 39.5 Å². The highest BCUT2D eigenvalue weighted by atomic mass is 16.6. The van der Waals surface area contributed by atoms with Gasteiger partial charge in [-0.2, -0.15) is 0 Å². The molecule has 0 aromatic carbocycles. The standard InChI is InChI=1S/C17H24N4O4/c1-17(2,3)25-16(24)21-10-6-8-13(21)14(22)18-9-5-7-12-11-19-15(23)20(12)4/h11,13H,6,8-10H2,1-4H3,(H,18,22)(H,19,23)/t13-/m0/s1. The smallest absolute Gasteiger partial charge is 0.410 e. The Bertz CT molecular complexity index is 760. The van der Waals surface area contributed by atoms with Crippen LogP contribution in [0.1, 0.15) is 39.3 Å². The number of carbonyl (C=O) groups excluding carboxylic acids is 2. The second-order valence-electron chi connectivity index (χ2n) is 6.89. The molecule has 0 bridgehead atoms. The molecule has 1 aliphatic rings. The molecular weight excluding hydrogens is 324 g/mol. The van der Waals surface area contributed by atoms with Crippen LogP contribution >= 0.6 is 0 Å². The van der Waals surface area contributed by atoms with Gasteiger partial charge in [-0.25, -0.2) is 9.59 Å². The van der Waals surface area contributed by atoms with Gasteiger partial charge in [0, 0.05) is 19.8 Å². The topological polar surface area (TPSA) is 96.4 Å². The van der Waals surface area contributed by atoms with E-state index in [0.29, 0.717) is 18.7 Å². The third-order valence-corrected chi connectivity index (χ3v) is 3.75. The van der Waals surface area contributed by atoms with Crippen molar-refractivity contribution < 1.29 is 14.3 Å². The molecule has 2 rings (SSSR count). The normalized spacial score (nSPS) is 17.0. The van der Waals surface area contributed by atoms with E-state index in [-0.39, 0.29) is 18.1 Å². The molecule has 1 fully saturated rings. The van der Waals surface area contributed by atoms with Crippen molar-refractivity contribution in [3.05, 3.63) is 22.4 Å². The van der Waals surface area contributed by atoms with Crippen LogP contribution in [0, 0.1) is 11.8 Å². The predicted molar refractivity (Wildman–Crippen MR) is 91.9 cm³/mol. The number of H-pyrrole nitrogens is 1. The zero-order chi connectivity index (χ0) is 18.6. The molecule has 2 amide bonds. The van der Waals surface area contributed by atoms with E-state index >= 15 is 0 Å². The summed E-state index contributed by atoms with van der Waals surface area (Å²) in [7, 11) is 1.61. The summed E-state index contributed by atoms with van der Waals surface area (Å²) in [5, 5.41) is 2.71. The van der Waals surface area contributed by atoms with Crippen molar-refractivity contribution in [1.29, 1.82) is 0 Å². The Balaban J connectivity index is 1.91. The van der Waals surface area contributed by atoms with Crippen LogP contribution in [-0.4, -0.2) is 51.2 Å². The van der Waals surface area contributed by atoms with Gasteiger partial charge in [0.1, 0.15) is 17.3 Å². The number of amides is 2. The molecule has 136 valence electrons. The number of aromatic nitrogens is 2. The van der Waals surface area contributed by atoms with Gasteiger partial charge >= 0.3 is 11.8 Å². The minimum absolute atomic E-state index is 0.136. The van der Waals surface area contributed by atoms with E-state index in [9.17, 15) is 14.4 Å². The minimum atomic E-state index is -0.599. The number of hydrogen-bond acceptors (Lipinski definition) is 4. The van der Waals surface area contributed by atoms with Crippen LogP contribution < -0.4 is 11.0 Å². The average Bonchev–Trinajstić information content (AvgIpc) is 3.11. The third kappa shape index (κ3) is 4.89. The fourth-order valence-electron chi connectivity index (χ4n) is 2.52. The molecule has 0 aliphatic carbocycles. The fraction of sp³-hybridized carbons (Fsp3) is 0.588. The lowest BCUT2D eigenvalue weighted by Gasteiger charge is -2.27. The van der Waals surface area contributed by atoms with Crippen LogP contribution in [0.3, 0.4) is 0 Å². The molecule has 0 unspecified atom stereocenters. The Labute approximate surface area is 146 Å². The first-order valence-electron chi connectivity index (χ1n) is 8.19. The van der Waals surface area contributed by atoms with Crippen molar-refractivity contribution in [2.24, 2.45) is 7.05 Å². The van der Waals surface area contributed by atoms with E-state index in [2.05, 4.69) is 22.1 Å². The maximum absolute atomic E-state index is 12.3. The third-order valence-electron chi connectivity index (χ3n) is 3.75. The van der Waals surface area contributed by atoms with E-state index in [4.69, 9.17) is 4.74 Å². The van der Waals surface area contributed by atoms with Crippen LogP contribution in [0.2, 0.25) is 0 Å². The molecule has 2 N–H and O–H groups in total. The van der Waals surface area contributed by atoms with Gasteiger partial charge in [0.15, 0.2) is 0 Å². The van der Waals surface area contributed by atoms with Crippen LogP contribution in [0.4, 0.5) is 4.79 Å². The highest BCUT2D eigenvalue weighted by Crippen LogP contribution is 2.20. The van der Waals surface area contributed by atoms with Crippen molar-refractivity contribution in [3.63, 3.8) is 0 Å². The van der Waals surface area contributed by atoms with Gasteiger partial charge in [-0.3, -0.25) is 14.3 Å². The Morgan fingerprint density at radius 3 is 2.76 bits per heavy atom. The summed E-state index contributed by atoms with van der Waals surface area (Å²) in [5.41, 5.74) is -0.304. The van der Waals surface area contributed by atoms with E-state index in [1.165, 1.54) is 15.7 Å². The summed E-state index contributed by atoms with van der Waals surface area (Å²) in [5.74, 6) is 5.35. The van der Waals surface area contributed by atoms with Gasteiger partial charge < -0.3 is 15.0 Å². The largest absolute Gasteiger partial charge is 0.444 e. The molecule has 1 saturated heterocycles. The Kier molecular flexibility index (Phi) is 5.57. The maximum atomic E-state index is 12.3. The number of carbonyl (C=O) groups is 2. The summed E-state index contributed by atoms with van der Waals surface area (Å²) in [6.07, 6.45) is 2.40. The van der Waals surface area contributed by atoms with Crippen LogP contribution in [0.15, 0.2) is 11.0 Å². The van der Waals surface area contributed by atoms with Gasteiger partial charge in [0.05, 0.1) is 6.54 Å². The first-order valence-corrected chi connectivity index (χ1v) is 8.19. The number of hydrogen-bond donors (Lipinski definition) is 2. The fourth-order valence-corrected chi connectivity index (χ4v) is 2.52. The van der Waals surface area contributed by atoms with Gasteiger partial charge in [0.25, 0.3) is 0 Å². The monoisotopic (exact) mass is 348 g/mol.